The molecule has 3 heteroatoms. The Morgan fingerprint density at radius 1 is 1.15 bits per heavy atom. The lowest BCUT2D eigenvalue weighted by Gasteiger charge is -2.02. The number of hydrogen-bond donors (Lipinski definition) is 1. The maximum absolute atomic E-state index is 8.67. The molecule has 0 saturated carbocycles. The highest BCUT2D eigenvalue weighted by atomic mass is 32.1. The van der Waals surface area contributed by atoms with Gasteiger partial charge in [0.25, 0.3) is 0 Å². The molecule has 1 aromatic rings. The molecule has 1 heterocycles. The maximum atomic E-state index is 8.67. The van der Waals surface area contributed by atoms with Crippen molar-refractivity contribution in [1.82, 2.24) is 0 Å². The first-order chi connectivity index (χ1) is 9.86. The van der Waals surface area contributed by atoms with Crippen LogP contribution in [0.25, 0.3) is 0 Å². The van der Waals surface area contributed by atoms with E-state index in [0.29, 0.717) is 13.0 Å². The lowest BCUT2D eigenvalue weighted by molar-refractivity contribution is 0.119. The van der Waals surface area contributed by atoms with Crippen molar-refractivity contribution in [2.45, 2.75) is 58.5 Å². The highest BCUT2D eigenvalue weighted by Crippen LogP contribution is 2.16. The summed E-state index contributed by atoms with van der Waals surface area (Å²) in [7, 11) is 0. The van der Waals surface area contributed by atoms with E-state index in [2.05, 4.69) is 24.8 Å². The normalized spacial score (nSPS) is 10.3. The molecule has 112 valence electrons. The van der Waals surface area contributed by atoms with E-state index >= 15 is 0 Å². The van der Waals surface area contributed by atoms with E-state index in [1.807, 2.05) is 6.07 Å². The van der Waals surface area contributed by atoms with E-state index in [1.54, 1.807) is 11.3 Å². The zero-order chi connectivity index (χ0) is 14.5. The molecule has 1 aromatic heterocycles. The van der Waals surface area contributed by atoms with Gasteiger partial charge in [-0.1, -0.05) is 50.9 Å². The minimum Gasteiger partial charge on any atom is -0.395 e. The van der Waals surface area contributed by atoms with Crippen LogP contribution in [-0.2, 0) is 11.3 Å². The Hall–Kier alpha value is -0.820. The average Bonchev–Trinajstić information content (AvgIpc) is 2.90. The van der Waals surface area contributed by atoms with Gasteiger partial charge in [0.2, 0.25) is 0 Å². The molecule has 0 saturated heterocycles. The number of rotatable bonds is 10. The number of hydrogen-bond acceptors (Lipinski definition) is 3. The lowest BCUT2D eigenvalue weighted by Crippen LogP contribution is -1.93. The molecule has 20 heavy (non-hydrogen) atoms. The summed E-state index contributed by atoms with van der Waals surface area (Å²) < 4.78 is 5.69. The summed E-state index contributed by atoms with van der Waals surface area (Å²) in [6.07, 6.45) is 8.34. The summed E-state index contributed by atoms with van der Waals surface area (Å²) in [5.41, 5.74) is 0. The van der Waals surface area contributed by atoms with Gasteiger partial charge in [-0.05, 0) is 18.6 Å². The third-order valence-electron chi connectivity index (χ3n) is 3.00. The van der Waals surface area contributed by atoms with Crippen LogP contribution in [0.5, 0.6) is 0 Å². The van der Waals surface area contributed by atoms with Crippen LogP contribution in [0.4, 0.5) is 0 Å². The first kappa shape index (κ1) is 17.2. The molecule has 0 unspecified atom stereocenters. The minimum atomic E-state index is 0.132. The highest BCUT2D eigenvalue weighted by Gasteiger charge is 1.98. The van der Waals surface area contributed by atoms with Gasteiger partial charge in [-0.2, -0.15) is 0 Å². The highest BCUT2D eigenvalue weighted by molar-refractivity contribution is 7.12. The number of thiophene rings is 1. The third kappa shape index (κ3) is 8.37. The zero-order valence-corrected chi connectivity index (χ0v) is 13.3. The molecule has 0 spiro atoms. The van der Waals surface area contributed by atoms with Crippen LogP contribution in [0, 0.1) is 11.8 Å². The Morgan fingerprint density at radius 2 is 1.95 bits per heavy atom. The van der Waals surface area contributed by atoms with E-state index < -0.39 is 0 Å². The molecule has 0 aliphatic carbocycles. The molecular weight excluding hydrogens is 268 g/mol. The van der Waals surface area contributed by atoms with E-state index in [4.69, 9.17) is 9.84 Å². The fraction of sp³-hybridized carbons (Fsp3) is 0.647. The van der Waals surface area contributed by atoms with Gasteiger partial charge < -0.3 is 9.84 Å². The zero-order valence-electron chi connectivity index (χ0n) is 12.5. The van der Waals surface area contributed by atoms with Crippen LogP contribution in [-0.4, -0.2) is 18.3 Å². The lowest BCUT2D eigenvalue weighted by atomic mass is 10.1. The fourth-order valence-electron chi connectivity index (χ4n) is 1.89. The summed E-state index contributed by atoms with van der Waals surface area (Å²) in [4.78, 5) is 2.28. The summed E-state index contributed by atoms with van der Waals surface area (Å²) in [5.74, 6) is 5.98. The Morgan fingerprint density at radius 3 is 2.75 bits per heavy atom. The number of aliphatic hydroxyl groups excluding tert-OH is 1. The smallest absolute Gasteiger partial charge is 0.0809 e. The third-order valence-corrected chi connectivity index (χ3v) is 3.97. The molecule has 2 nitrogen and oxygen atoms in total. The van der Waals surface area contributed by atoms with Crippen molar-refractivity contribution in [3.8, 4) is 11.8 Å². The van der Waals surface area contributed by atoms with Crippen LogP contribution < -0.4 is 0 Å². The van der Waals surface area contributed by atoms with Gasteiger partial charge in [0, 0.05) is 17.9 Å². The average molecular weight is 294 g/mol. The summed E-state index contributed by atoms with van der Waals surface area (Å²) >= 11 is 1.68. The number of aliphatic hydroxyl groups is 1. The molecule has 0 radical (unpaired) electrons. The molecule has 0 atom stereocenters. The van der Waals surface area contributed by atoms with Crippen LogP contribution in [0.1, 0.15) is 61.6 Å². The van der Waals surface area contributed by atoms with E-state index in [1.165, 1.54) is 37.0 Å². The van der Waals surface area contributed by atoms with E-state index in [0.717, 1.165) is 17.9 Å². The van der Waals surface area contributed by atoms with Crippen LogP contribution in [0.15, 0.2) is 12.1 Å². The summed E-state index contributed by atoms with van der Waals surface area (Å²) in [5, 5.41) is 8.67. The van der Waals surface area contributed by atoms with E-state index in [9.17, 15) is 0 Å². The molecule has 0 amide bonds. The van der Waals surface area contributed by atoms with Gasteiger partial charge in [0.1, 0.15) is 0 Å². The van der Waals surface area contributed by atoms with Crippen molar-refractivity contribution in [1.29, 1.82) is 0 Å². The first-order valence-electron chi connectivity index (χ1n) is 7.63. The van der Waals surface area contributed by atoms with Crippen LogP contribution >= 0.6 is 11.3 Å². The van der Waals surface area contributed by atoms with Crippen LogP contribution in [0.3, 0.4) is 0 Å². The Labute approximate surface area is 127 Å². The second kappa shape index (κ2) is 12.0. The van der Waals surface area contributed by atoms with Crippen molar-refractivity contribution < 1.29 is 9.84 Å². The molecular formula is C17H26O2S. The molecule has 1 N–H and O–H groups in total. The monoisotopic (exact) mass is 294 g/mol. The largest absolute Gasteiger partial charge is 0.395 e. The quantitative estimate of drug-likeness (QED) is 0.513. The van der Waals surface area contributed by atoms with Crippen molar-refractivity contribution in [3.05, 3.63) is 21.9 Å². The molecule has 0 aromatic carbocycles. The summed E-state index contributed by atoms with van der Waals surface area (Å²) in [6, 6.07) is 4.10. The predicted octanol–water partition coefficient (Wildman–Crippen LogP) is 4.36. The standard InChI is InChI=1S/C17H26O2S/c1-2-3-4-5-6-9-14-19-15-17-12-11-16(20-17)10-7-8-13-18/h11-12,18H,2-6,8-9,13-15H2,1H3. The van der Waals surface area contributed by atoms with Crippen LogP contribution in [0.2, 0.25) is 0 Å². The van der Waals surface area contributed by atoms with Gasteiger partial charge in [0.15, 0.2) is 0 Å². The first-order valence-corrected chi connectivity index (χ1v) is 8.44. The minimum absolute atomic E-state index is 0.132. The SMILES string of the molecule is CCCCCCCCOCc1ccc(C#CCCO)s1. The molecule has 0 fully saturated rings. The summed E-state index contributed by atoms with van der Waals surface area (Å²) in [6.45, 7) is 3.93. The second-order valence-electron chi connectivity index (χ2n) is 4.86. The van der Waals surface area contributed by atoms with Gasteiger partial charge in [-0.15, -0.1) is 11.3 Å². The molecule has 0 aliphatic rings. The predicted molar refractivity (Wildman–Crippen MR) is 85.9 cm³/mol. The van der Waals surface area contributed by atoms with Crippen molar-refractivity contribution in [3.63, 3.8) is 0 Å². The topological polar surface area (TPSA) is 29.5 Å². The Balaban J connectivity index is 2.06. The fourth-order valence-corrected chi connectivity index (χ4v) is 2.71. The molecule has 0 aliphatic heterocycles. The van der Waals surface area contributed by atoms with Gasteiger partial charge in [-0.25, -0.2) is 0 Å². The maximum Gasteiger partial charge on any atom is 0.0809 e. The van der Waals surface area contributed by atoms with Crippen molar-refractivity contribution in [2.75, 3.05) is 13.2 Å². The van der Waals surface area contributed by atoms with Gasteiger partial charge in [-0.3, -0.25) is 0 Å². The second-order valence-corrected chi connectivity index (χ2v) is 6.03. The number of unbranched alkanes of at least 4 members (excludes halogenated alkanes) is 5. The molecule has 0 bridgehead atoms. The van der Waals surface area contributed by atoms with Crippen molar-refractivity contribution in [2.24, 2.45) is 0 Å². The van der Waals surface area contributed by atoms with Crippen molar-refractivity contribution >= 4 is 11.3 Å². The van der Waals surface area contributed by atoms with E-state index in [-0.39, 0.29) is 6.61 Å². The molecule has 1 rings (SSSR count). The van der Waals surface area contributed by atoms with Gasteiger partial charge in [0.05, 0.1) is 18.1 Å². The Bertz CT molecular complexity index is 401. The Kier molecular flexibility index (Phi) is 10.3. The van der Waals surface area contributed by atoms with Gasteiger partial charge >= 0.3 is 0 Å². The number of ether oxygens (including phenoxy) is 1.